The van der Waals surface area contributed by atoms with Gasteiger partial charge in [0.1, 0.15) is 0 Å². The van der Waals surface area contributed by atoms with E-state index in [1.807, 2.05) is 4.57 Å². The van der Waals surface area contributed by atoms with Crippen molar-refractivity contribution in [2.24, 2.45) is 0 Å². The number of carbonyl (C=O) groups excluding carboxylic acids is 1. The molecule has 0 bridgehead atoms. The zero-order valence-electron chi connectivity index (χ0n) is 17.4. The van der Waals surface area contributed by atoms with Crippen molar-refractivity contribution in [3.63, 3.8) is 0 Å². The number of allylic oxidation sites excluding steroid dienone is 1. The third-order valence-corrected chi connectivity index (χ3v) is 5.21. The molecule has 1 aromatic heterocycles. The number of nitro benzene ring substituents is 1. The molecular weight excluding hydrogens is 410 g/mol. The van der Waals surface area contributed by atoms with Gasteiger partial charge in [-0.25, -0.2) is 9.78 Å². The van der Waals surface area contributed by atoms with Crippen molar-refractivity contribution in [2.75, 3.05) is 25.5 Å². The summed E-state index contributed by atoms with van der Waals surface area (Å²) in [4.78, 5) is 30.0. The molecule has 1 aromatic carbocycles. The SMILES string of the molecule is CCN(CC)Cc1cnc2n1C(c1ccc([N+](=O)[O-])cc1)C(C(=O)OC)=C(C)N2.Cl. The first kappa shape index (κ1) is 23.4. The Hall–Kier alpha value is -2.91. The number of nitro groups is 1. The molecule has 0 saturated carbocycles. The van der Waals surface area contributed by atoms with Crippen LogP contribution in [0, 0.1) is 10.1 Å². The zero-order chi connectivity index (χ0) is 21.1. The van der Waals surface area contributed by atoms with Gasteiger partial charge in [0.25, 0.3) is 5.69 Å². The largest absolute Gasteiger partial charge is 0.466 e. The van der Waals surface area contributed by atoms with Crippen LogP contribution >= 0.6 is 12.4 Å². The number of hydrogen-bond donors (Lipinski definition) is 1. The Kier molecular flexibility index (Phi) is 7.58. The molecule has 2 aromatic rings. The van der Waals surface area contributed by atoms with Crippen LogP contribution in [-0.4, -0.2) is 45.5 Å². The number of benzene rings is 1. The minimum absolute atomic E-state index is 0. The molecule has 3 rings (SSSR count). The van der Waals surface area contributed by atoms with Crippen molar-refractivity contribution in [2.45, 2.75) is 33.4 Å². The molecule has 2 heterocycles. The summed E-state index contributed by atoms with van der Waals surface area (Å²) in [5.74, 6) is 0.173. The second kappa shape index (κ2) is 9.73. The lowest BCUT2D eigenvalue weighted by Crippen LogP contribution is -2.31. The van der Waals surface area contributed by atoms with Gasteiger partial charge >= 0.3 is 5.97 Å². The lowest BCUT2D eigenvalue weighted by Gasteiger charge is -2.31. The van der Waals surface area contributed by atoms with E-state index in [9.17, 15) is 14.9 Å². The Labute approximate surface area is 181 Å². The summed E-state index contributed by atoms with van der Waals surface area (Å²) in [6, 6.07) is 5.75. The standard InChI is InChI=1S/C20H25N5O4.ClH/c1-5-23(6-2)12-16-11-21-20-22-13(3)17(19(26)29-4)18(24(16)20)14-7-9-15(10-8-14)25(27)28;/h7-11,18H,5-6,12H2,1-4H3,(H,21,22);1H. The second-order valence-corrected chi connectivity index (χ2v) is 6.81. The maximum Gasteiger partial charge on any atom is 0.337 e. The minimum Gasteiger partial charge on any atom is -0.466 e. The van der Waals surface area contributed by atoms with E-state index in [0.29, 0.717) is 23.8 Å². The fourth-order valence-corrected chi connectivity index (χ4v) is 3.61. The van der Waals surface area contributed by atoms with Gasteiger partial charge in [-0.2, -0.15) is 0 Å². The van der Waals surface area contributed by atoms with E-state index in [4.69, 9.17) is 4.74 Å². The number of carbonyl (C=O) groups is 1. The quantitative estimate of drug-likeness (QED) is 0.403. The highest BCUT2D eigenvalue weighted by Gasteiger charge is 2.35. The Bertz CT molecular complexity index is 951. The van der Waals surface area contributed by atoms with Crippen LogP contribution in [0.2, 0.25) is 0 Å². The molecule has 30 heavy (non-hydrogen) atoms. The molecule has 1 aliphatic rings. The van der Waals surface area contributed by atoms with Crippen molar-refractivity contribution in [3.05, 3.63) is 63.1 Å². The number of nitrogens with one attached hydrogen (secondary N) is 1. The number of esters is 1. The Balaban J connectivity index is 0.00000320. The van der Waals surface area contributed by atoms with E-state index in [1.54, 1.807) is 25.3 Å². The van der Waals surface area contributed by atoms with Crippen molar-refractivity contribution >= 4 is 30.0 Å². The van der Waals surface area contributed by atoms with Crippen LogP contribution in [0.4, 0.5) is 11.6 Å². The molecule has 1 unspecified atom stereocenters. The summed E-state index contributed by atoms with van der Waals surface area (Å²) in [5, 5.41) is 14.2. The van der Waals surface area contributed by atoms with Crippen LogP contribution in [0.5, 0.6) is 0 Å². The first-order chi connectivity index (χ1) is 13.9. The molecule has 0 fully saturated rings. The van der Waals surface area contributed by atoms with Gasteiger partial charge in [0.05, 0.1) is 35.5 Å². The molecule has 9 nitrogen and oxygen atoms in total. The van der Waals surface area contributed by atoms with Crippen molar-refractivity contribution < 1.29 is 14.5 Å². The number of nitrogens with zero attached hydrogens (tertiary/aromatic N) is 4. The number of aromatic nitrogens is 2. The number of ether oxygens (including phenoxy) is 1. The first-order valence-electron chi connectivity index (χ1n) is 9.50. The van der Waals surface area contributed by atoms with Crippen LogP contribution in [0.25, 0.3) is 0 Å². The van der Waals surface area contributed by atoms with E-state index in [2.05, 4.69) is 29.0 Å². The second-order valence-electron chi connectivity index (χ2n) is 6.81. The van der Waals surface area contributed by atoms with Gasteiger partial charge < -0.3 is 14.6 Å². The molecule has 1 atom stereocenters. The number of rotatable bonds is 7. The van der Waals surface area contributed by atoms with Gasteiger partial charge in [-0.05, 0) is 37.7 Å². The van der Waals surface area contributed by atoms with Crippen molar-refractivity contribution in [1.82, 2.24) is 14.5 Å². The summed E-state index contributed by atoms with van der Waals surface area (Å²) in [6.07, 6.45) is 1.80. The lowest BCUT2D eigenvalue weighted by molar-refractivity contribution is -0.384. The molecule has 1 N–H and O–H groups in total. The van der Waals surface area contributed by atoms with Gasteiger partial charge in [-0.3, -0.25) is 15.0 Å². The number of halogens is 1. The van der Waals surface area contributed by atoms with Crippen LogP contribution < -0.4 is 5.32 Å². The van der Waals surface area contributed by atoms with E-state index in [-0.39, 0.29) is 18.1 Å². The number of non-ortho nitro benzene ring substituents is 1. The van der Waals surface area contributed by atoms with Crippen LogP contribution in [0.15, 0.2) is 41.7 Å². The number of anilines is 1. The molecule has 1 aliphatic heterocycles. The Morgan fingerprint density at radius 3 is 2.47 bits per heavy atom. The van der Waals surface area contributed by atoms with E-state index in [1.165, 1.54) is 19.2 Å². The molecule has 0 spiro atoms. The maximum absolute atomic E-state index is 12.6. The fraction of sp³-hybridized carbons (Fsp3) is 0.400. The molecule has 0 amide bonds. The average molecular weight is 436 g/mol. The molecule has 10 heteroatoms. The van der Waals surface area contributed by atoms with Crippen LogP contribution in [0.1, 0.15) is 38.1 Å². The average Bonchev–Trinajstić information content (AvgIpc) is 3.12. The van der Waals surface area contributed by atoms with Crippen molar-refractivity contribution in [1.29, 1.82) is 0 Å². The third-order valence-electron chi connectivity index (χ3n) is 5.21. The highest BCUT2D eigenvalue weighted by Crippen LogP contribution is 2.38. The van der Waals surface area contributed by atoms with Crippen molar-refractivity contribution in [3.8, 4) is 0 Å². The van der Waals surface area contributed by atoms with Gasteiger partial charge in [-0.15, -0.1) is 12.4 Å². The first-order valence-corrected chi connectivity index (χ1v) is 9.50. The third kappa shape index (κ3) is 4.31. The monoisotopic (exact) mass is 435 g/mol. The van der Waals surface area contributed by atoms with Gasteiger partial charge in [0.15, 0.2) is 0 Å². The summed E-state index contributed by atoms with van der Waals surface area (Å²) in [5.41, 5.74) is 2.78. The summed E-state index contributed by atoms with van der Waals surface area (Å²) < 4.78 is 7.01. The van der Waals surface area contributed by atoms with Crippen LogP contribution in [-0.2, 0) is 16.1 Å². The molecule has 0 saturated heterocycles. The molecular formula is C20H26ClN5O4. The number of fused-ring (bicyclic) bond motifs is 1. The van der Waals surface area contributed by atoms with E-state index >= 15 is 0 Å². The van der Waals surface area contributed by atoms with Gasteiger partial charge in [-0.1, -0.05) is 13.8 Å². The molecule has 0 aliphatic carbocycles. The summed E-state index contributed by atoms with van der Waals surface area (Å²) in [6.45, 7) is 8.40. The highest BCUT2D eigenvalue weighted by molar-refractivity contribution is 5.92. The van der Waals surface area contributed by atoms with Gasteiger partial charge in [0.2, 0.25) is 5.95 Å². The minimum atomic E-state index is -0.493. The summed E-state index contributed by atoms with van der Waals surface area (Å²) >= 11 is 0. The lowest BCUT2D eigenvalue weighted by atomic mass is 9.95. The number of hydrogen-bond acceptors (Lipinski definition) is 7. The smallest absolute Gasteiger partial charge is 0.337 e. The summed E-state index contributed by atoms with van der Waals surface area (Å²) in [7, 11) is 1.34. The fourth-order valence-electron chi connectivity index (χ4n) is 3.61. The van der Waals surface area contributed by atoms with Gasteiger partial charge in [0, 0.05) is 24.4 Å². The predicted molar refractivity (Wildman–Crippen MR) is 116 cm³/mol. The Morgan fingerprint density at radius 1 is 1.30 bits per heavy atom. The van der Waals surface area contributed by atoms with E-state index < -0.39 is 16.9 Å². The predicted octanol–water partition coefficient (Wildman–Crippen LogP) is 3.52. The topological polar surface area (TPSA) is 103 Å². The Morgan fingerprint density at radius 2 is 1.93 bits per heavy atom. The zero-order valence-corrected chi connectivity index (χ0v) is 18.2. The number of imidazole rings is 1. The highest BCUT2D eigenvalue weighted by atomic mass is 35.5. The molecule has 0 radical (unpaired) electrons. The maximum atomic E-state index is 12.6. The van der Waals surface area contributed by atoms with Crippen LogP contribution in [0.3, 0.4) is 0 Å². The normalized spacial score (nSPS) is 15.3. The van der Waals surface area contributed by atoms with E-state index in [0.717, 1.165) is 24.3 Å². The molecule has 162 valence electrons. The number of methoxy groups -OCH3 is 1.